The molecule has 1 aliphatic carbocycles. The van der Waals surface area contributed by atoms with Crippen molar-refractivity contribution in [1.82, 2.24) is 9.21 Å². The first-order chi connectivity index (χ1) is 9.30. The highest BCUT2D eigenvalue weighted by Crippen LogP contribution is 2.30. The van der Waals surface area contributed by atoms with Crippen LogP contribution in [0, 0.1) is 0 Å². The van der Waals surface area contributed by atoms with E-state index in [1.54, 1.807) is 4.90 Å². The van der Waals surface area contributed by atoms with Crippen molar-refractivity contribution in [3.05, 3.63) is 0 Å². The molecule has 1 saturated heterocycles. The number of amides is 1. The van der Waals surface area contributed by atoms with Gasteiger partial charge in [0.2, 0.25) is 15.9 Å². The highest BCUT2D eigenvalue weighted by molar-refractivity contribution is 7.88. The molecule has 1 saturated carbocycles. The average molecular weight is 304 g/mol. The summed E-state index contributed by atoms with van der Waals surface area (Å²) in [6.07, 6.45) is 3.93. The van der Waals surface area contributed by atoms with Crippen LogP contribution in [0.1, 0.15) is 32.1 Å². The maximum Gasteiger partial charge on any atom is 0.305 e. The van der Waals surface area contributed by atoms with Crippen molar-refractivity contribution in [3.8, 4) is 0 Å². The molecule has 1 N–H and O–H groups in total. The summed E-state index contributed by atoms with van der Waals surface area (Å²) in [5, 5.41) is 8.75. The molecule has 0 aromatic rings. The molecule has 7 nitrogen and oxygen atoms in total. The number of carboxylic acids is 1. The van der Waals surface area contributed by atoms with Crippen molar-refractivity contribution in [3.63, 3.8) is 0 Å². The molecule has 2 rings (SSSR count). The third-order valence-corrected chi connectivity index (χ3v) is 5.04. The zero-order valence-electron chi connectivity index (χ0n) is 11.5. The number of aliphatic carboxylic acids is 1. The Balaban J connectivity index is 2.08. The minimum Gasteiger partial charge on any atom is -0.481 e. The molecule has 1 unspecified atom stereocenters. The van der Waals surface area contributed by atoms with Crippen molar-refractivity contribution in [2.45, 2.75) is 44.2 Å². The largest absolute Gasteiger partial charge is 0.481 e. The number of nitrogens with zero attached hydrogens (tertiary/aromatic N) is 2. The lowest BCUT2D eigenvalue weighted by Gasteiger charge is -2.29. The number of carbonyl (C=O) groups excluding carboxylic acids is 1. The Labute approximate surface area is 118 Å². The molecule has 20 heavy (non-hydrogen) atoms. The molecule has 1 heterocycles. The minimum atomic E-state index is -3.40. The van der Waals surface area contributed by atoms with Crippen molar-refractivity contribution < 1.29 is 23.1 Å². The fourth-order valence-electron chi connectivity index (χ4n) is 2.65. The van der Waals surface area contributed by atoms with Crippen molar-refractivity contribution >= 4 is 21.9 Å². The molecule has 2 aliphatic rings. The number of hydrogen-bond acceptors (Lipinski definition) is 4. The van der Waals surface area contributed by atoms with Crippen LogP contribution in [-0.2, 0) is 19.6 Å². The summed E-state index contributed by atoms with van der Waals surface area (Å²) in [5.41, 5.74) is 0. The van der Waals surface area contributed by atoms with E-state index >= 15 is 0 Å². The molecule has 1 atom stereocenters. The van der Waals surface area contributed by atoms with E-state index in [0.29, 0.717) is 19.4 Å². The van der Waals surface area contributed by atoms with Crippen molar-refractivity contribution in [2.75, 3.05) is 19.3 Å². The number of sulfonamides is 1. The first-order valence-electron chi connectivity index (χ1n) is 6.80. The van der Waals surface area contributed by atoms with Gasteiger partial charge in [0.25, 0.3) is 0 Å². The van der Waals surface area contributed by atoms with Gasteiger partial charge in [-0.1, -0.05) is 0 Å². The highest BCUT2D eigenvalue weighted by Gasteiger charge is 2.42. The van der Waals surface area contributed by atoms with E-state index in [4.69, 9.17) is 5.11 Å². The monoisotopic (exact) mass is 304 g/mol. The van der Waals surface area contributed by atoms with Gasteiger partial charge in [0.05, 0.1) is 12.7 Å². The minimum absolute atomic E-state index is 0.0869. The molecule has 114 valence electrons. The van der Waals surface area contributed by atoms with Gasteiger partial charge in [-0.2, -0.15) is 4.31 Å². The molecule has 0 aromatic carbocycles. The third kappa shape index (κ3) is 3.49. The molecule has 8 heteroatoms. The predicted molar refractivity (Wildman–Crippen MR) is 71.6 cm³/mol. The molecule has 0 radical (unpaired) electrons. The number of carboxylic acid groups (broad SMARTS) is 1. The summed E-state index contributed by atoms with van der Waals surface area (Å²) >= 11 is 0. The first kappa shape index (κ1) is 15.2. The Hall–Kier alpha value is -1.15. The number of hydrogen-bond donors (Lipinski definition) is 1. The van der Waals surface area contributed by atoms with Gasteiger partial charge in [-0.05, 0) is 25.7 Å². The summed E-state index contributed by atoms with van der Waals surface area (Å²) in [4.78, 5) is 24.8. The van der Waals surface area contributed by atoms with Crippen LogP contribution in [-0.4, -0.2) is 66.0 Å². The Morgan fingerprint density at radius 2 is 1.95 bits per heavy atom. The maximum atomic E-state index is 12.5. The molecular formula is C12H20N2O5S. The van der Waals surface area contributed by atoms with E-state index in [0.717, 1.165) is 19.1 Å². The van der Waals surface area contributed by atoms with Gasteiger partial charge in [-0.3, -0.25) is 9.59 Å². The van der Waals surface area contributed by atoms with Crippen LogP contribution in [0.25, 0.3) is 0 Å². The Kier molecular flexibility index (Phi) is 4.33. The van der Waals surface area contributed by atoms with E-state index in [1.165, 1.54) is 4.31 Å². The predicted octanol–water partition coefficient (Wildman–Crippen LogP) is -0.124. The van der Waals surface area contributed by atoms with Crippen LogP contribution in [0.3, 0.4) is 0 Å². The van der Waals surface area contributed by atoms with Gasteiger partial charge in [-0.25, -0.2) is 8.42 Å². The SMILES string of the molecule is CS(=O)(=O)N1CCCC1C(=O)N(CCC(=O)O)C1CC1. The van der Waals surface area contributed by atoms with Gasteiger partial charge in [0.15, 0.2) is 0 Å². The van der Waals surface area contributed by atoms with E-state index in [-0.39, 0.29) is 24.9 Å². The number of rotatable bonds is 6. The Morgan fingerprint density at radius 3 is 2.45 bits per heavy atom. The molecule has 0 bridgehead atoms. The summed E-state index contributed by atoms with van der Waals surface area (Å²) < 4.78 is 24.6. The molecule has 1 amide bonds. The highest BCUT2D eigenvalue weighted by atomic mass is 32.2. The van der Waals surface area contributed by atoms with E-state index in [9.17, 15) is 18.0 Å². The van der Waals surface area contributed by atoms with Gasteiger partial charge >= 0.3 is 5.97 Å². The third-order valence-electron chi connectivity index (χ3n) is 3.75. The summed E-state index contributed by atoms with van der Waals surface area (Å²) in [6, 6.07) is -0.566. The van der Waals surface area contributed by atoms with Crippen LogP contribution in [0.4, 0.5) is 0 Å². The number of carbonyl (C=O) groups is 2. The van der Waals surface area contributed by atoms with Crippen LogP contribution < -0.4 is 0 Å². The van der Waals surface area contributed by atoms with Gasteiger partial charge in [0.1, 0.15) is 6.04 Å². The second-order valence-electron chi connectivity index (χ2n) is 5.44. The molecule has 2 fully saturated rings. The van der Waals surface area contributed by atoms with E-state index in [1.807, 2.05) is 0 Å². The second kappa shape index (κ2) is 5.69. The molecule has 0 aromatic heterocycles. The standard InChI is InChI=1S/C12H20N2O5S/c1-20(18,19)14-7-2-3-10(14)12(17)13(9-4-5-9)8-6-11(15)16/h9-10H,2-8H2,1H3,(H,15,16). The van der Waals surface area contributed by atoms with Gasteiger partial charge in [-0.15, -0.1) is 0 Å². The van der Waals surface area contributed by atoms with Gasteiger partial charge in [0, 0.05) is 19.1 Å². The van der Waals surface area contributed by atoms with Crippen LogP contribution in [0.5, 0.6) is 0 Å². The lowest BCUT2D eigenvalue weighted by atomic mass is 10.2. The smallest absolute Gasteiger partial charge is 0.305 e. The van der Waals surface area contributed by atoms with Crippen LogP contribution in [0.2, 0.25) is 0 Å². The quantitative estimate of drug-likeness (QED) is 0.738. The van der Waals surface area contributed by atoms with Crippen molar-refractivity contribution in [2.24, 2.45) is 0 Å². The average Bonchev–Trinajstić information content (AvgIpc) is 3.03. The lowest BCUT2D eigenvalue weighted by molar-refractivity contribution is -0.139. The second-order valence-corrected chi connectivity index (χ2v) is 7.37. The fraction of sp³-hybridized carbons (Fsp3) is 0.833. The molecule has 1 aliphatic heterocycles. The maximum absolute atomic E-state index is 12.5. The van der Waals surface area contributed by atoms with Crippen LogP contribution in [0.15, 0.2) is 0 Å². The van der Waals surface area contributed by atoms with Crippen LogP contribution >= 0.6 is 0 Å². The lowest BCUT2D eigenvalue weighted by Crippen LogP contribution is -2.48. The molecular weight excluding hydrogens is 284 g/mol. The van der Waals surface area contributed by atoms with E-state index < -0.39 is 22.0 Å². The first-order valence-corrected chi connectivity index (χ1v) is 8.64. The Morgan fingerprint density at radius 1 is 1.30 bits per heavy atom. The topological polar surface area (TPSA) is 95.0 Å². The normalized spacial score (nSPS) is 23.8. The van der Waals surface area contributed by atoms with E-state index in [2.05, 4.69) is 0 Å². The summed E-state index contributed by atoms with van der Waals surface area (Å²) in [7, 11) is -3.40. The molecule has 0 spiro atoms. The zero-order valence-corrected chi connectivity index (χ0v) is 12.3. The van der Waals surface area contributed by atoms with Gasteiger partial charge < -0.3 is 10.0 Å². The summed E-state index contributed by atoms with van der Waals surface area (Å²) in [6.45, 7) is 0.527. The van der Waals surface area contributed by atoms with Crippen molar-refractivity contribution in [1.29, 1.82) is 0 Å². The zero-order chi connectivity index (χ0) is 14.9. The Bertz CT molecular complexity index is 500. The fourth-order valence-corrected chi connectivity index (χ4v) is 3.77. The summed E-state index contributed by atoms with van der Waals surface area (Å²) in [5.74, 6) is -1.19.